The fourth-order valence-electron chi connectivity index (χ4n) is 2.51. The normalized spacial score (nSPS) is 18.3. The van der Waals surface area contributed by atoms with E-state index in [0.717, 1.165) is 25.2 Å². The minimum absolute atomic E-state index is 0.152. The summed E-state index contributed by atoms with van der Waals surface area (Å²) in [6.45, 7) is 4.09. The van der Waals surface area contributed by atoms with Gasteiger partial charge in [0.1, 0.15) is 5.78 Å². The van der Waals surface area contributed by atoms with Gasteiger partial charge in [0.2, 0.25) is 0 Å². The first kappa shape index (κ1) is 14.7. The summed E-state index contributed by atoms with van der Waals surface area (Å²) in [5.74, 6) is 1.24. The number of carbonyl (C=O) groups excluding carboxylic acids is 1. The standard InChI is InChI=1S/C15H28O2/c1-15(2,17-3)12-11-14(16)10-9-13-7-5-4-6-8-13/h13H,4-12H2,1-3H3. The van der Waals surface area contributed by atoms with Crippen molar-refractivity contribution < 1.29 is 9.53 Å². The van der Waals surface area contributed by atoms with Crippen LogP contribution in [0.1, 0.15) is 71.6 Å². The third-order valence-electron chi connectivity index (χ3n) is 4.11. The van der Waals surface area contributed by atoms with Crippen LogP contribution in [0.15, 0.2) is 0 Å². The van der Waals surface area contributed by atoms with Crippen molar-refractivity contribution in [1.29, 1.82) is 0 Å². The van der Waals surface area contributed by atoms with Gasteiger partial charge < -0.3 is 4.74 Å². The minimum Gasteiger partial charge on any atom is -0.379 e. The van der Waals surface area contributed by atoms with E-state index < -0.39 is 0 Å². The molecule has 0 aromatic carbocycles. The summed E-state index contributed by atoms with van der Waals surface area (Å²) in [4.78, 5) is 11.8. The summed E-state index contributed by atoms with van der Waals surface area (Å²) in [5.41, 5.74) is -0.152. The van der Waals surface area contributed by atoms with Gasteiger partial charge in [0.05, 0.1) is 5.60 Å². The fourth-order valence-corrected chi connectivity index (χ4v) is 2.51. The Kier molecular flexibility index (Phi) is 6.18. The van der Waals surface area contributed by atoms with Crippen molar-refractivity contribution in [2.45, 2.75) is 77.2 Å². The lowest BCUT2D eigenvalue weighted by Crippen LogP contribution is -2.23. The first-order valence-electron chi connectivity index (χ1n) is 7.10. The smallest absolute Gasteiger partial charge is 0.133 e. The second-order valence-corrected chi connectivity index (χ2v) is 6.05. The number of hydrogen-bond acceptors (Lipinski definition) is 2. The Balaban J connectivity index is 2.12. The van der Waals surface area contributed by atoms with Crippen LogP contribution in [0, 0.1) is 5.92 Å². The van der Waals surface area contributed by atoms with E-state index in [2.05, 4.69) is 0 Å². The maximum Gasteiger partial charge on any atom is 0.133 e. The Labute approximate surface area is 106 Å². The van der Waals surface area contributed by atoms with Crippen molar-refractivity contribution in [1.82, 2.24) is 0 Å². The van der Waals surface area contributed by atoms with Crippen LogP contribution in [0.5, 0.6) is 0 Å². The van der Waals surface area contributed by atoms with Gasteiger partial charge in [-0.25, -0.2) is 0 Å². The van der Waals surface area contributed by atoms with Crippen LogP contribution in [0.25, 0.3) is 0 Å². The van der Waals surface area contributed by atoms with E-state index in [4.69, 9.17) is 4.74 Å². The molecule has 0 radical (unpaired) electrons. The highest BCUT2D eigenvalue weighted by molar-refractivity contribution is 5.78. The molecule has 0 heterocycles. The van der Waals surface area contributed by atoms with Crippen LogP contribution in [0.4, 0.5) is 0 Å². The summed E-state index contributed by atoms with van der Waals surface area (Å²) in [6.07, 6.45) is 10.2. The SMILES string of the molecule is COC(C)(C)CCC(=O)CCC1CCCCC1. The third-order valence-corrected chi connectivity index (χ3v) is 4.11. The summed E-state index contributed by atoms with van der Waals surface area (Å²) < 4.78 is 5.33. The van der Waals surface area contributed by atoms with Gasteiger partial charge in [0.15, 0.2) is 0 Å². The van der Waals surface area contributed by atoms with Crippen LogP contribution in [0.2, 0.25) is 0 Å². The Morgan fingerprint density at radius 3 is 2.41 bits per heavy atom. The Hall–Kier alpha value is -0.370. The predicted molar refractivity (Wildman–Crippen MR) is 71.1 cm³/mol. The number of hydrogen-bond donors (Lipinski definition) is 0. The molecule has 0 atom stereocenters. The van der Waals surface area contributed by atoms with Crippen molar-refractivity contribution in [2.24, 2.45) is 5.92 Å². The number of methoxy groups -OCH3 is 1. The molecule has 0 saturated heterocycles. The zero-order valence-electron chi connectivity index (χ0n) is 11.8. The Bertz CT molecular complexity index is 227. The molecular weight excluding hydrogens is 212 g/mol. The molecule has 0 N–H and O–H groups in total. The fraction of sp³-hybridized carbons (Fsp3) is 0.933. The topological polar surface area (TPSA) is 26.3 Å². The number of ketones is 1. The largest absolute Gasteiger partial charge is 0.379 e. The maximum atomic E-state index is 11.8. The number of rotatable bonds is 7. The average Bonchev–Trinajstić information content (AvgIpc) is 2.35. The summed E-state index contributed by atoms with van der Waals surface area (Å²) in [5, 5.41) is 0. The van der Waals surface area contributed by atoms with Gasteiger partial charge in [-0.05, 0) is 32.6 Å². The molecule has 0 aromatic rings. The molecule has 2 nitrogen and oxygen atoms in total. The number of Topliss-reactive ketones (excluding diaryl/α,β-unsaturated/α-hetero) is 1. The van der Waals surface area contributed by atoms with Gasteiger partial charge in [-0.3, -0.25) is 4.79 Å². The van der Waals surface area contributed by atoms with Gasteiger partial charge in [-0.1, -0.05) is 32.1 Å². The monoisotopic (exact) mass is 240 g/mol. The molecule has 0 aromatic heterocycles. The Morgan fingerprint density at radius 1 is 1.18 bits per heavy atom. The van der Waals surface area contributed by atoms with Gasteiger partial charge in [-0.15, -0.1) is 0 Å². The molecule has 1 saturated carbocycles. The molecule has 100 valence electrons. The predicted octanol–water partition coefficient (Wildman–Crippen LogP) is 4.12. The number of carbonyl (C=O) groups is 1. The highest BCUT2D eigenvalue weighted by Gasteiger charge is 2.19. The van der Waals surface area contributed by atoms with E-state index in [1.165, 1.54) is 32.1 Å². The molecule has 1 rings (SSSR count). The first-order chi connectivity index (χ1) is 8.03. The van der Waals surface area contributed by atoms with Crippen LogP contribution < -0.4 is 0 Å². The molecule has 2 heteroatoms. The summed E-state index contributed by atoms with van der Waals surface area (Å²) >= 11 is 0. The maximum absolute atomic E-state index is 11.8. The van der Waals surface area contributed by atoms with E-state index in [1.807, 2.05) is 13.8 Å². The second-order valence-electron chi connectivity index (χ2n) is 6.05. The van der Waals surface area contributed by atoms with E-state index in [0.29, 0.717) is 12.2 Å². The van der Waals surface area contributed by atoms with Crippen LogP contribution in [0.3, 0.4) is 0 Å². The van der Waals surface area contributed by atoms with E-state index >= 15 is 0 Å². The van der Waals surface area contributed by atoms with Crippen molar-refractivity contribution in [2.75, 3.05) is 7.11 Å². The molecule has 0 bridgehead atoms. The quantitative estimate of drug-likeness (QED) is 0.669. The van der Waals surface area contributed by atoms with Crippen molar-refractivity contribution in [3.05, 3.63) is 0 Å². The zero-order valence-corrected chi connectivity index (χ0v) is 11.8. The van der Waals surface area contributed by atoms with Crippen LogP contribution in [-0.2, 0) is 9.53 Å². The van der Waals surface area contributed by atoms with Crippen molar-refractivity contribution >= 4 is 5.78 Å². The molecule has 1 aliphatic carbocycles. The van der Waals surface area contributed by atoms with Gasteiger partial charge in [-0.2, -0.15) is 0 Å². The van der Waals surface area contributed by atoms with Crippen LogP contribution in [-0.4, -0.2) is 18.5 Å². The molecule has 1 aliphatic rings. The van der Waals surface area contributed by atoms with E-state index in [-0.39, 0.29) is 5.60 Å². The molecule has 0 unspecified atom stereocenters. The van der Waals surface area contributed by atoms with Gasteiger partial charge in [0.25, 0.3) is 0 Å². The Morgan fingerprint density at radius 2 is 1.82 bits per heavy atom. The van der Waals surface area contributed by atoms with E-state index in [9.17, 15) is 4.79 Å². The molecule has 1 fully saturated rings. The highest BCUT2D eigenvalue weighted by atomic mass is 16.5. The van der Waals surface area contributed by atoms with Gasteiger partial charge >= 0.3 is 0 Å². The molecular formula is C15H28O2. The first-order valence-corrected chi connectivity index (χ1v) is 7.10. The lowest BCUT2D eigenvalue weighted by molar-refractivity contribution is -0.120. The van der Waals surface area contributed by atoms with Gasteiger partial charge in [0, 0.05) is 20.0 Å². The van der Waals surface area contributed by atoms with Crippen molar-refractivity contribution in [3.8, 4) is 0 Å². The summed E-state index contributed by atoms with van der Waals surface area (Å²) in [7, 11) is 1.71. The highest BCUT2D eigenvalue weighted by Crippen LogP contribution is 2.27. The summed E-state index contributed by atoms with van der Waals surface area (Å²) in [6, 6.07) is 0. The van der Waals surface area contributed by atoms with Crippen LogP contribution >= 0.6 is 0 Å². The molecule has 0 aliphatic heterocycles. The second kappa shape index (κ2) is 7.15. The molecule has 0 spiro atoms. The molecule has 0 amide bonds. The van der Waals surface area contributed by atoms with E-state index in [1.54, 1.807) is 7.11 Å². The lowest BCUT2D eigenvalue weighted by atomic mass is 9.85. The van der Waals surface area contributed by atoms with Crippen molar-refractivity contribution in [3.63, 3.8) is 0 Å². The lowest BCUT2D eigenvalue weighted by Gasteiger charge is -2.23. The minimum atomic E-state index is -0.152. The zero-order chi connectivity index (χ0) is 12.7. The molecule has 17 heavy (non-hydrogen) atoms. The number of ether oxygens (including phenoxy) is 1. The third kappa shape index (κ3) is 6.21. The average molecular weight is 240 g/mol.